The summed E-state index contributed by atoms with van der Waals surface area (Å²) in [5, 5.41) is 0. The van der Waals surface area contributed by atoms with Gasteiger partial charge >= 0.3 is 5.97 Å². The van der Waals surface area contributed by atoms with Crippen LogP contribution in [0.5, 0.6) is 0 Å². The summed E-state index contributed by atoms with van der Waals surface area (Å²) >= 11 is 0. The molecule has 0 aromatic carbocycles. The molecule has 2 aliphatic carbocycles. The van der Waals surface area contributed by atoms with E-state index in [2.05, 4.69) is 27.4 Å². The van der Waals surface area contributed by atoms with Gasteiger partial charge in [0, 0.05) is 11.8 Å². The summed E-state index contributed by atoms with van der Waals surface area (Å²) < 4.78 is 11.0. The van der Waals surface area contributed by atoms with Gasteiger partial charge in [-0.15, -0.1) is 6.58 Å². The minimum absolute atomic E-state index is 0.0444. The monoisotopic (exact) mass is 306 g/mol. The molecule has 0 radical (unpaired) electrons. The molecule has 124 valence electrons. The number of fused-ring (bicyclic) bond motifs is 1. The first-order chi connectivity index (χ1) is 10.4. The van der Waals surface area contributed by atoms with Crippen molar-refractivity contribution in [3.05, 3.63) is 24.0 Å². The van der Waals surface area contributed by atoms with Gasteiger partial charge in [0.25, 0.3) is 0 Å². The maximum Gasteiger partial charge on any atom is 0.338 e. The maximum absolute atomic E-state index is 12.7. The lowest BCUT2D eigenvalue weighted by molar-refractivity contribution is -0.140. The molecule has 1 saturated carbocycles. The molecule has 1 fully saturated rings. The summed E-state index contributed by atoms with van der Waals surface area (Å²) in [6.07, 6.45) is 5.77. The van der Waals surface area contributed by atoms with Gasteiger partial charge < -0.3 is 9.47 Å². The fourth-order valence-corrected chi connectivity index (χ4v) is 5.20. The zero-order valence-electron chi connectivity index (χ0n) is 14.7. The third kappa shape index (κ3) is 2.21. The zero-order chi connectivity index (χ0) is 16.5. The van der Waals surface area contributed by atoms with Crippen molar-refractivity contribution in [3.63, 3.8) is 0 Å². The molecule has 3 heteroatoms. The summed E-state index contributed by atoms with van der Waals surface area (Å²) in [6.45, 7) is 13.1. The highest BCUT2D eigenvalue weighted by Crippen LogP contribution is 2.70. The van der Waals surface area contributed by atoms with Crippen LogP contribution < -0.4 is 0 Å². The van der Waals surface area contributed by atoms with Crippen LogP contribution in [0.4, 0.5) is 0 Å². The van der Waals surface area contributed by atoms with Gasteiger partial charge in [-0.3, -0.25) is 0 Å². The van der Waals surface area contributed by atoms with Gasteiger partial charge in [0.1, 0.15) is 5.76 Å². The molecule has 0 heterocycles. The van der Waals surface area contributed by atoms with Crippen LogP contribution in [0.1, 0.15) is 53.4 Å². The lowest BCUT2D eigenvalue weighted by Gasteiger charge is -2.43. The topological polar surface area (TPSA) is 35.5 Å². The maximum atomic E-state index is 12.7. The average Bonchev–Trinajstić information content (AvgIpc) is 2.85. The Kier molecular flexibility index (Phi) is 4.74. The minimum atomic E-state index is -0.200. The molecule has 0 saturated heterocycles. The Labute approximate surface area is 134 Å². The van der Waals surface area contributed by atoms with Gasteiger partial charge in [-0.1, -0.05) is 26.8 Å². The second-order valence-corrected chi connectivity index (χ2v) is 7.28. The van der Waals surface area contributed by atoms with E-state index in [9.17, 15) is 4.79 Å². The first-order valence-corrected chi connectivity index (χ1v) is 8.43. The number of allylic oxidation sites excluding steroid dienone is 2. The normalized spacial score (nSPS) is 34.0. The van der Waals surface area contributed by atoms with Gasteiger partial charge in [-0.05, 0) is 43.4 Å². The molecule has 2 aliphatic rings. The van der Waals surface area contributed by atoms with Crippen molar-refractivity contribution in [2.24, 2.45) is 22.7 Å². The Morgan fingerprint density at radius 1 is 1.50 bits per heavy atom. The fourth-order valence-electron chi connectivity index (χ4n) is 5.20. The van der Waals surface area contributed by atoms with Crippen molar-refractivity contribution in [3.8, 4) is 0 Å². The molecule has 2 rings (SSSR count). The van der Waals surface area contributed by atoms with Gasteiger partial charge in [0.2, 0.25) is 0 Å². The number of esters is 1. The number of ether oxygens (including phenoxy) is 2. The van der Waals surface area contributed by atoms with Gasteiger partial charge in [-0.2, -0.15) is 0 Å². The van der Waals surface area contributed by atoms with Crippen molar-refractivity contribution in [2.45, 2.75) is 53.4 Å². The highest BCUT2D eigenvalue weighted by molar-refractivity contribution is 5.92. The quantitative estimate of drug-likeness (QED) is 0.536. The van der Waals surface area contributed by atoms with Crippen molar-refractivity contribution in [1.29, 1.82) is 0 Å². The molecule has 0 aromatic rings. The van der Waals surface area contributed by atoms with Crippen LogP contribution in [0.25, 0.3) is 0 Å². The first-order valence-electron chi connectivity index (χ1n) is 8.43. The minimum Gasteiger partial charge on any atom is -0.500 e. The number of rotatable bonds is 6. The van der Waals surface area contributed by atoms with E-state index in [1.54, 1.807) is 7.11 Å². The molecule has 0 spiro atoms. The molecule has 3 nitrogen and oxygen atoms in total. The third-order valence-electron chi connectivity index (χ3n) is 6.10. The van der Waals surface area contributed by atoms with Crippen molar-refractivity contribution in [1.82, 2.24) is 0 Å². The summed E-state index contributed by atoms with van der Waals surface area (Å²) in [5.74, 6) is 1.81. The van der Waals surface area contributed by atoms with Crippen LogP contribution >= 0.6 is 0 Å². The lowest BCUT2D eigenvalue weighted by Crippen LogP contribution is -2.39. The van der Waals surface area contributed by atoms with Crippen LogP contribution in [-0.4, -0.2) is 19.7 Å². The van der Waals surface area contributed by atoms with E-state index in [4.69, 9.17) is 9.47 Å². The molecule has 0 N–H and O–H groups in total. The predicted molar refractivity (Wildman–Crippen MR) is 88.2 cm³/mol. The second-order valence-electron chi connectivity index (χ2n) is 7.28. The molecule has 0 aromatic heterocycles. The van der Waals surface area contributed by atoms with Crippen LogP contribution in [0, 0.1) is 22.7 Å². The second kappa shape index (κ2) is 6.10. The van der Waals surface area contributed by atoms with Crippen LogP contribution in [0.15, 0.2) is 24.0 Å². The van der Waals surface area contributed by atoms with Gasteiger partial charge in [-0.25, -0.2) is 4.79 Å². The average molecular weight is 306 g/mol. The molecule has 0 aliphatic heterocycles. The fraction of sp³-hybridized carbons (Fsp3) is 0.737. The molecule has 0 bridgehead atoms. The summed E-state index contributed by atoms with van der Waals surface area (Å²) in [6, 6.07) is 0. The van der Waals surface area contributed by atoms with E-state index in [1.165, 1.54) is 0 Å². The number of carbonyl (C=O) groups is 1. The summed E-state index contributed by atoms with van der Waals surface area (Å²) in [7, 11) is 1.67. The van der Waals surface area contributed by atoms with E-state index >= 15 is 0 Å². The molecule has 0 unspecified atom stereocenters. The molecule has 22 heavy (non-hydrogen) atoms. The Morgan fingerprint density at radius 2 is 2.18 bits per heavy atom. The molecular weight excluding hydrogens is 276 g/mol. The van der Waals surface area contributed by atoms with Gasteiger partial charge in [0.05, 0.1) is 19.3 Å². The Morgan fingerprint density at radius 3 is 2.68 bits per heavy atom. The lowest BCUT2D eigenvalue weighted by atomic mass is 9.59. The van der Waals surface area contributed by atoms with Crippen molar-refractivity contribution < 1.29 is 14.3 Å². The Bertz CT molecular complexity index is 491. The van der Waals surface area contributed by atoms with E-state index in [0.29, 0.717) is 18.4 Å². The highest BCUT2D eigenvalue weighted by Gasteiger charge is 2.65. The van der Waals surface area contributed by atoms with Gasteiger partial charge in [0.15, 0.2) is 0 Å². The Hall–Kier alpha value is -1.25. The third-order valence-corrected chi connectivity index (χ3v) is 6.10. The largest absolute Gasteiger partial charge is 0.500 e. The number of carbonyl (C=O) groups excluding carboxylic acids is 1. The zero-order valence-corrected chi connectivity index (χ0v) is 14.7. The molecule has 0 amide bonds. The Balaban J connectivity index is 2.55. The number of hydrogen-bond donors (Lipinski definition) is 0. The standard InChI is InChI=1S/C19H30O3/c1-7-10-19-11-9-14(13(3)4)18(19,5)12-15(21-6)16(19)17(20)22-8-2/h7,13-14H,1,8-12H2,2-6H3/t14-,18-,19-/m1/s1. The predicted octanol–water partition coefficient (Wildman–Crippen LogP) is 4.49. The van der Waals surface area contributed by atoms with E-state index in [1.807, 2.05) is 13.0 Å². The van der Waals surface area contributed by atoms with Crippen molar-refractivity contribution >= 4 is 5.97 Å². The van der Waals surface area contributed by atoms with E-state index in [-0.39, 0.29) is 16.8 Å². The highest BCUT2D eigenvalue weighted by atomic mass is 16.5. The van der Waals surface area contributed by atoms with E-state index < -0.39 is 0 Å². The van der Waals surface area contributed by atoms with E-state index in [0.717, 1.165) is 37.0 Å². The van der Waals surface area contributed by atoms with Crippen molar-refractivity contribution in [2.75, 3.05) is 13.7 Å². The smallest absolute Gasteiger partial charge is 0.338 e. The molecular formula is C19H30O3. The first kappa shape index (κ1) is 17.1. The summed E-state index contributed by atoms with van der Waals surface area (Å²) in [4.78, 5) is 12.7. The van der Waals surface area contributed by atoms with Crippen LogP contribution in [-0.2, 0) is 14.3 Å². The van der Waals surface area contributed by atoms with Crippen LogP contribution in [0.2, 0.25) is 0 Å². The number of hydrogen-bond acceptors (Lipinski definition) is 3. The van der Waals surface area contributed by atoms with Crippen LogP contribution in [0.3, 0.4) is 0 Å². The summed E-state index contributed by atoms with van der Waals surface area (Å²) in [5.41, 5.74) is 0.645. The number of methoxy groups -OCH3 is 1. The SMILES string of the molecule is C=CC[C@]12CC[C@H](C(C)C)[C@@]1(C)CC(OC)=C2C(=O)OCC. The molecule has 3 atom stereocenters.